The minimum atomic E-state index is -0.514. The first-order chi connectivity index (χ1) is 13.6. The number of fused-ring (bicyclic) bond motifs is 2. The SMILES string of the molecule is CCCNC(=O)Cn1c(=O)n(Cc2ccc3c(c2)OCO3)c(=O)c2sccc21. The van der Waals surface area contributed by atoms with Crippen molar-refractivity contribution in [2.24, 2.45) is 0 Å². The van der Waals surface area contributed by atoms with E-state index < -0.39 is 5.69 Å². The first kappa shape index (κ1) is 18.3. The van der Waals surface area contributed by atoms with Gasteiger partial charge in [0.1, 0.15) is 11.2 Å². The van der Waals surface area contributed by atoms with Gasteiger partial charge < -0.3 is 14.8 Å². The van der Waals surface area contributed by atoms with Gasteiger partial charge in [-0.3, -0.25) is 18.7 Å². The van der Waals surface area contributed by atoms with Gasteiger partial charge in [0.25, 0.3) is 5.56 Å². The van der Waals surface area contributed by atoms with Crippen LogP contribution in [0.15, 0.2) is 39.2 Å². The zero-order valence-electron chi connectivity index (χ0n) is 15.3. The van der Waals surface area contributed by atoms with E-state index in [2.05, 4.69) is 5.32 Å². The molecule has 1 aromatic carbocycles. The van der Waals surface area contributed by atoms with E-state index in [9.17, 15) is 14.4 Å². The third-order valence-electron chi connectivity index (χ3n) is 4.49. The van der Waals surface area contributed by atoms with Crippen LogP contribution in [0.2, 0.25) is 0 Å². The number of carbonyl (C=O) groups excluding carboxylic acids is 1. The van der Waals surface area contributed by atoms with Gasteiger partial charge >= 0.3 is 5.69 Å². The molecule has 3 heterocycles. The molecule has 0 atom stereocenters. The normalized spacial score (nSPS) is 12.5. The summed E-state index contributed by atoms with van der Waals surface area (Å²) in [7, 11) is 0. The van der Waals surface area contributed by atoms with Crippen molar-refractivity contribution in [2.75, 3.05) is 13.3 Å². The number of nitrogens with zero attached hydrogens (tertiary/aromatic N) is 2. The fraction of sp³-hybridized carbons (Fsp3) is 0.316. The second-order valence-corrected chi connectivity index (χ2v) is 7.35. The molecule has 146 valence electrons. The van der Waals surface area contributed by atoms with E-state index in [4.69, 9.17) is 9.47 Å². The maximum absolute atomic E-state index is 13.0. The Hall–Kier alpha value is -3.07. The summed E-state index contributed by atoms with van der Waals surface area (Å²) < 4.78 is 13.6. The summed E-state index contributed by atoms with van der Waals surface area (Å²) in [4.78, 5) is 38.1. The van der Waals surface area contributed by atoms with Gasteiger partial charge in [0, 0.05) is 6.54 Å². The quantitative estimate of drug-likeness (QED) is 0.676. The van der Waals surface area contributed by atoms with Crippen molar-refractivity contribution in [2.45, 2.75) is 26.4 Å². The smallest absolute Gasteiger partial charge is 0.332 e. The number of hydrogen-bond acceptors (Lipinski definition) is 6. The molecule has 2 aromatic heterocycles. The zero-order valence-corrected chi connectivity index (χ0v) is 16.1. The number of nitrogens with one attached hydrogen (secondary N) is 1. The van der Waals surface area contributed by atoms with Crippen molar-refractivity contribution in [3.63, 3.8) is 0 Å². The van der Waals surface area contributed by atoms with E-state index in [-0.39, 0.29) is 31.3 Å². The lowest BCUT2D eigenvalue weighted by Gasteiger charge is -2.12. The molecule has 1 aliphatic heterocycles. The molecule has 0 aliphatic carbocycles. The van der Waals surface area contributed by atoms with E-state index in [0.717, 1.165) is 16.6 Å². The molecule has 0 fully saturated rings. The molecule has 0 spiro atoms. The Kier molecular flexibility index (Phi) is 4.91. The van der Waals surface area contributed by atoms with Crippen molar-refractivity contribution >= 4 is 27.5 Å². The summed E-state index contributed by atoms with van der Waals surface area (Å²) in [6, 6.07) is 6.99. The maximum atomic E-state index is 13.0. The summed E-state index contributed by atoms with van der Waals surface area (Å²) in [6.45, 7) is 2.60. The molecular weight excluding hydrogens is 382 g/mol. The highest BCUT2D eigenvalue weighted by molar-refractivity contribution is 7.17. The molecule has 8 nitrogen and oxygen atoms in total. The van der Waals surface area contributed by atoms with Gasteiger partial charge in [-0.1, -0.05) is 13.0 Å². The van der Waals surface area contributed by atoms with Crippen LogP contribution in [0.1, 0.15) is 18.9 Å². The van der Waals surface area contributed by atoms with Crippen LogP contribution in [0.5, 0.6) is 11.5 Å². The number of benzene rings is 1. The lowest BCUT2D eigenvalue weighted by Crippen LogP contribution is -2.42. The number of aromatic nitrogens is 2. The minimum absolute atomic E-state index is 0.0821. The summed E-state index contributed by atoms with van der Waals surface area (Å²) >= 11 is 1.26. The molecule has 1 aliphatic rings. The van der Waals surface area contributed by atoms with Crippen molar-refractivity contribution < 1.29 is 14.3 Å². The molecule has 0 saturated carbocycles. The van der Waals surface area contributed by atoms with Crippen molar-refractivity contribution in [3.05, 3.63) is 56.0 Å². The number of thiophene rings is 1. The number of hydrogen-bond donors (Lipinski definition) is 1. The molecule has 1 amide bonds. The van der Waals surface area contributed by atoms with Gasteiger partial charge in [-0.05, 0) is 35.6 Å². The molecule has 3 aromatic rings. The Bertz CT molecular complexity index is 1160. The summed E-state index contributed by atoms with van der Waals surface area (Å²) in [6.07, 6.45) is 0.804. The van der Waals surface area contributed by atoms with Gasteiger partial charge in [0.15, 0.2) is 11.5 Å². The van der Waals surface area contributed by atoms with Crippen LogP contribution in [0, 0.1) is 0 Å². The third kappa shape index (κ3) is 3.29. The third-order valence-corrected chi connectivity index (χ3v) is 5.38. The molecule has 9 heteroatoms. The Labute approximate surface area is 163 Å². The fourth-order valence-electron chi connectivity index (χ4n) is 3.11. The van der Waals surface area contributed by atoms with Crippen LogP contribution < -0.4 is 26.0 Å². The number of carbonyl (C=O) groups is 1. The van der Waals surface area contributed by atoms with Crippen molar-refractivity contribution in [1.29, 1.82) is 0 Å². The summed E-state index contributed by atoms with van der Waals surface area (Å²) in [5, 5.41) is 4.51. The van der Waals surface area contributed by atoms with Crippen molar-refractivity contribution in [1.82, 2.24) is 14.5 Å². The molecule has 28 heavy (non-hydrogen) atoms. The van der Waals surface area contributed by atoms with E-state index in [1.807, 2.05) is 6.92 Å². The molecule has 0 radical (unpaired) electrons. The number of rotatable bonds is 6. The molecule has 0 saturated heterocycles. The average Bonchev–Trinajstić information content (AvgIpc) is 3.35. The standard InChI is InChI=1S/C19H19N3O5S/c1-2-6-20-16(23)10-21-13-5-7-28-17(13)18(24)22(19(21)25)9-12-3-4-14-15(8-12)27-11-26-14/h3-5,7-8H,2,6,9-11H2,1H3,(H,20,23). The highest BCUT2D eigenvalue weighted by Gasteiger charge is 2.18. The van der Waals surface area contributed by atoms with Crippen LogP contribution in [0.25, 0.3) is 10.2 Å². The van der Waals surface area contributed by atoms with Gasteiger partial charge in [0.2, 0.25) is 12.7 Å². The van der Waals surface area contributed by atoms with Crippen molar-refractivity contribution in [3.8, 4) is 11.5 Å². The maximum Gasteiger partial charge on any atom is 0.332 e. The molecule has 0 unspecified atom stereocenters. The highest BCUT2D eigenvalue weighted by Crippen LogP contribution is 2.32. The Balaban J connectivity index is 1.75. The molecule has 0 bridgehead atoms. The average molecular weight is 401 g/mol. The van der Waals surface area contributed by atoms with Gasteiger partial charge in [0.05, 0.1) is 12.1 Å². The predicted molar refractivity (Wildman–Crippen MR) is 105 cm³/mol. The second kappa shape index (κ2) is 7.51. The Morgan fingerprint density at radius 3 is 2.82 bits per heavy atom. The largest absolute Gasteiger partial charge is 0.454 e. The topological polar surface area (TPSA) is 91.6 Å². The first-order valence-electron chi connectivity index (χ1n) is 8.94. The Morgan fingerprint density at radius 1 is 1.18 bits per heavy atom. The second-order valence-electron chi connectivity index (χ2n) is 6.43. The fourth-order valence-corrected chi connectivity index (χ4v) is 3.95. The lowest BCUT2D eigenvalue weighted by atomic mass is 10.2. The van der Waals surface area contributed by atoms with Gasteiger partial charge in [-0.25, -0.2) is 4.79 Å². The van der Waals surface area contributed by atoms with Gasteiger partial charge in [-0.15, -0.1) is 11.3 Å². The molecular formula is C19H19N3O5S. The van der Waals surface area contributed by atoms with Crippen LogP contribution >= 0.6 is 11.3 Å². The molecule has 1 N–H and O–H groups in total. The van der Waals surface area contributed by atoms with Crippen LogP contribution in [-0.4, -0.2) is 28.4 Å². The first-order valence-corrected chi connectivity index (χ1v) is 9.82. The highest BCUT2D eigenvalue weighted by atomic mass is 32.1. The van der Waals surface area contributed by atoms with E-state index >= 15 is 0 Å². The lowest BCUT2D eigenvalue weighted by molar-refractivity contribution is -0.121. The van der Waals surface area contributed by atoms with Crippen LogP contribution in [0.3, 0.4) is 0 Å². The number of ether oxygens (including phenoxy) is 2. The van der Waals surface area contributed by atoms with E-state index in [1.165, 1.54) is 15.9 Å². The van der Waals surface area contributed by atoms with Crippen LogP contribution in [-0.2, 0) is 17.9 Å². The zero-order chi connectivity index (χ0) is 19.7. The van der Waals surface area contributed by atoms with E-state index in [1.54, 1.807) is 29.6 Å². The monoisotopic (exact) mass is 401 g/mol. The predicted octanol–water partition coefficient (Wildman–Crippen LogP) is 1.53. The van der Waals surface area contributed by atoms with Gasteiger partial charge in [-0.2, -0.15) is 0 Å². The number of amides is 1. The van der Waals surface area contributed by atoms with E-state index in [0.29, 0.717) is 28.3 Å². The summed E-state index contributed by atoms with van der Waals surface area (Å²) in [5.74, 6) is 0.960. The minimum Gasteiger partial charge on any atom is -0.454 e. The molecule has 4 rings (SSSR count). The van der Waals surface area contributed by atoms with Crippen LogP contribution in [0.4, 0.5) is 0 Å². The Morgan fingerprint density at radius 2 is 2.00 bits per heavy atom. The summed E-state index contributed by atoms with van der Waals surface area (Å²) in [5.41, 5.74) is 0.341.